The Bertz CT molecular complexity index is 1910. The van der Waals surface area contributed by atoms with E-state index in [0.717, 1.165) is 0 Å². The van der Waals surface area contributed by atoms with Gasteiger partial charge in [-0.25, -0.2) is 38.4 Å². The summed E-state index contributed by atoms with van der Waals surface area (Å²) in [6, 6.07) is 9.40. The predicted molar refractivity (Wildman–Crippen MR) is 191 cm³/mol. The fraction of sp³-hybridized carbons (Fsp3) is 0.200. The van der Waals surface area contributed by atoms with E-state index in [2.05, 4.69) is 0 Å². The maximum absolute atomic E-state index is 12.2. The number of hydrogen-bond acceptors (Lipinski definition) is 8. The summed E-state index contributed by atoms with van der Waals surface area (Å²) in [6.45, 7) is 0. The van der Waals surface area contributed by atoms with Crippen molar-refractivity contribution in [3.05, 3.63) is 138 Å². The van der Waals surface area contributed by atoms with E-state index in [-0.39, 0.29) is 51.4 Å². The average Bonchev–Trinajstić information content (AvgIpc) is 3.13. The van der Waals surface area contributed by atoms with Crippen molar-refractivity contribution in [1.82, 2.24) is 0 Å². The van der Waals surface area contributed by atoms with E-state index in [0.29, 0.717) is 44.5 Å². The third kappa shape index (κ3) is 8.23. The zero-order valence-electron chi connectivity index (χ0n) is 29.1. The van der Waals surface area contributed by atoms with E-state index in [4.69, 9.17) is 0 Å². The molecule has 56 heavy (non-hydrogen) atoms. The number of carboxylic acids is 8. The number of hydrogen-bond donors (Lipinski definition) is 8. The van der Waals surface area contributed by atoms with Gasteiger partial charge >= 0.3 is 47.8 Å². The lowest BCUT2D eigenvalue weighted by Crippen LogP contribution is -2.15. The molecule has 0 unspecified atom stereocenters. The van der Waals surface area contributed by atoms with Crippen molar-refractivity contribution in [2.75, 3.05) is 0 Å². The molecule has 288 valence electrons. The zero-order chi connectivity index (χ0) is 41.2. The molecule has 16 heteroatoms. The maximum Gasteiger partial charge on any atom is 0.336 e. The van der Waals surface area contributed by atoms with Crippen molar-refractivity contribution < 1.29 is 79.2 Å². The molecule has 16 nitrogen and oxygen atoms in total. The molecule has 4 aromatic carbocycles. The van der Waals surface area contributed by atoms with E-state index < -0.39 is 92.3 Å². The molecule has 0 aromatic heterocycles. The van der Waals surface area contributed by atoms with E-state index in [1.807, 2.05) is 0 Å². The molecule has 5 rings (SSSR count). The third-order valence-corrected chi connectivity index (χ3v) is 9.86. The standard InChI is InChI=1S/C40H32O16/c41-33(42)25-9-17-1-2-18-10-26(34(43)44)28(36(47)48)12-20(18)5-6-22-14-30(38(51)52)32(40(55)56)16-24(22)8-7-23-15-31(39(53)54)29(37(49)50)13-21(23)4-3-19(17)11-27(25)35(45)46/h9-16H,1-8H2,(H,41,42)(H,43,44)(H,45,46)(H,47,48)(H,49,50)(H,51,52)(H,53,54)(H,55,56). The predicted octanol–water partition coefficient (Wildman–Crippen LogP) is 4.73. The Labute approximate surface area is 315 Å². The van der Waals surface area contributed by atoms with Crippen molar-refractivity contribution in [2.45, 2.75) is 51.4 Å². The van der Waals surface area contributed by atoms with E-state index in [9.17, 15) is 79.2 Å². The summed E-state index contributed by atoms with van der Waals surface area (Å²) < 4.78 is 0. The minimum absolute atomic E-state index is 0.0130. The van der Waals surface area contributed by atoms with Gasteiger partial charge in [0.05, 0.1) is 44.5 Å². The molecule has 0 aliphatic heterocycles. The van der Waals surface area contributed by atoms with Gasteiger partial charge in [0.2, 0.25) is 0 Å². The first-order valence-electron chi connectivity index (χ1n) is 16.9. The molecule has 8 N–H and O–H groups in total. The summed E-state index contributed by atoms with van der Waals surface area (Å²) in [4.78, 5) is 97.5. The number of aryl methyl sites for hydroxylation is 8. The highest BCUT2D eigenvalue weighted by atomic mass is 16.4. The van der Waals surface area contributed by atoms with Crippen LogP contribution in [0.4, 0.5) is 0 Å². The smallest absolute Gasteiger partial charge is 0.336 e. The van der Waals surface area contributed by atoms with Crippen LogP contribution in [-0.2, 0) is 51.4 Å². The molecule has 1 aliphatic carbocycles. The second-order valence-corrected chi connectivity index (χ2v) is 13.1. The van der Waals surface area contributed by atoms with Crippen molar-refractivity contribution in [3.63, 3.8) is 0 Å². The quantitative estimate of drug-likeness (QED) is 0.120. The fourth-order valence-electron chi connectivity index (χ4n) is 7.11. The number of carbonyl (C=O) groups is 8. The number of benzene rings is 4. The molecule has 0 amide bonds. The lowest BCUT2D eigenvalue weighted by atomic mass is 9.85. The molecule has 1 aliphatic rings. The first-order valence-corrected chi connectivity index (χ1v) is 16.9. The molecular formula is C40H32O16. The van der Waals surface area contributed by atoms with Crippen LogP contribution in [0.2, 0.25) is 0 Å². The lowest BCUT2D eigenvalue weighted by Gasteiger charge is -2.19. The Kier molecular flexibility index (Phi) is 11.3. The van der Waals surface area contributed by atoms with Crippen LogP contribution in [0.15, 0.2) is 48.5 Å². The third-order valence-electron chi connectivity index (χ3n) is 9.86. The number of aromatic carboxylic acids is 8. The van der Waals surface area contributed by atoms with Crippen molar-refractivity contribution in [3.8, 4) is 0 Å². The van der Waals surface area contributed by atoms with E-state index in [1.54, 1.807) is 0 Å². The first kappa shape index (κ1) is 39.8. The average molecular weight is 769 g/mol. The van der Waals surface area contributed by atoms with Gasteiger partial charge in [0.1, 0.15) is 0 Å². The molecule has 4 aromatic rings. The molecule has 0 spiro atoms. The Hall–Kier alpha value is -7.36. The van der Waals surface area contributed by atoms with Gasteiger partial charge in [-0.1, -0.05) is 0 Å². The Morgan fingerprint density at radius 2 is 0.321 bits per heavy atom. The van der Waals surface area contributed by atoms with Gasteiger partial charge in [0, 0.05) is 0 Å². The molecule has 0 fully saturated rings. The van der Waals surface area contributed by atoms with Crippen LogP contribution in [0.5, 0.6) is 0 Å². The summed E-state index contributed by atoms with van der Waals surface area (Å²) in [7, 11) is 0. The fourth-order valence-corrected chi connectivity index (χ4v) is 7.11. The minimum atomic E-state index is -1.54. The summed E-state index contributed by atoms with van der Waals surface area (Å²) in [5.74, 6) is -12.3. The first-order chi connectivity index (χ1) is 26.4. The van der Waals surface area contributed by atoms with E-state index >= 15 is 0 Å². The van der Waals surface area contributed by atoms with Crippen LogP contribution in [0, 0.1) is 0 Å². The maximum atomic E-state index is 12.2. The molecule has 0 radical (unpaired) electrons. The van der Waals surface area contributed by atoms with Gasteiger partial charge < -0.3 is 40.9 Å². The lowest BCUT2D eigenvalue weighted by molar-refractivity contribution is 0.0651. The molecule has 0 bridgehead atoms. The highest BCUT2D eigenvalue weighted by molar-refractivity contribution is 6.04. The van der Waals surface area contributed by atoms with Crippen LogP contribution in [0.3, 0.4) is 0 Å². The van der Waals surface area contributed by atoms with Crippen molar-refractivity contribution >= 4 is 47.8 Å². The number of fused-ring (bicyclic) bond motifs is 4. The zero-order valence-corrected chi connectivity index (χ0v) is 29.1. The largest absolute Gasteiger partial charge is 0.478 e. The van der Waals surface area contributed by atoms with Crippen LogP contribution in [-0.4, -0.2) is 88.6 Å². The van der Waals surface area contributed by atoms with Crippen molar-refractivity contribution in [1.29, 1.82) is 0 Å². The molecular weight excluding hydrogens is 736 g/mol. The van der Waals surface area contributed by atoms with Gasteiger partial charge in [-0.3, -0.25) is 0 Å². The van der Waals surface area contributed by atoms with Gasteiger partial charge in [-0.15, -0.1) is 0 Å². The summed E-state index contributed by atoms with van der Waals surface area (Å²) in [5.41, 5.74) is -1.60. The Morgan fingerprint density at radius 3 is 0.393 bits per heavy atom. The van der Waals surface area contributed by atoms with Gasteiger partial charge in [0.15, 0.2) is 0 Å². The van der Waals surface area contributed by atoms with Crippen molar-refractivity contribution in [2.24, 2.45) is 0 Å². The van der Waals surface area contributed by atoms with E-state index in [1.165, 1.54) is 48.5 Å². The number of rotatable bonds is 8. The highest BCUT2D eigenvalue weighted by Crippen LogP contribution is 2.29. The summed E-state index contributed by atoms with van der Waals surface area (Å²) in [6.07, 6.45) is -0.104. The molecule has 0 saturated heterocycles. The minimum Gasteiger partial charge on any atom is -0.478 e. The topological polar surface area (TPSA) is 298 Å². The summed E-state index contributed by atoms with van der Waals surface area (Å²) >= 11 is 0. The SMILES string of the molecule is O=C(O)c1cc2c(cc1C(=O)O)CCc1cc(C(=O)O)c(C(=O)O)cc1CCc1cc(C(=O)O)c(C(=O)O)cc1CCc1cc(C(=O)O)c(C(=O)O)cc1CC2. The Balaban J connectivity index is 1.79. The molecule has 0 atom stereocenters. The van der Waals surface area contributed by atoms with Crippen LogP contribution in [0.1, 0.15) is 127 Å². The molecule has 0 heterocycles. The van der Waals surface area contributed by atoms with Gasteiger partial charge in [0.25, 0.3) is 0 Å². The normalized spacial score (nSPS) is 12.9. The van der Waals surface area contributed by atoms with Crippen LogP contribution >= 0.6 is 0 Å². The second-order valence-electron chi connectivity index (χ2n) is 13.1. The monoisotopic (exact) mass is 768 g/mol. The molecule has 0 saturated carbocycles. The van der Waals surface area contributed by atoms with Crippen LogP contribution < -0.4 is 0 Å². The summed E-state index contributed by atoms with van der Waals surface area (Å²) in [5, 5.41) is 79.2. The van der Waals surface area contributed by atoms with Gasteiger partial charge in [-0.05, 0) is 144 Å². The second kappa shape index (κ2) is 15.9. The van der Waals surface area contributed by atoms with Crippen LogP contribution in [0.25, 0.3) is 0 Å². The Morgan fingerprint density at radius 1 is 0.232 bits per heavy atom. The highest BCUT2D eigenvalue weighted by Gasteiger charge is 2.26. The number of carboxylic acid groups (broad SMARTS) is 8. The van der Waals surface area contributed by atoms with Gasteiger partial charge in [-0.2, -0.15) is 0 Å².